The summed E-state index contributed by atoms with van der Waals surface area (Å²) in [4.78, 5) is 0. The summed E-state index contributed by atoms with van der Waals surface area (Å²) in [5.41, 5.74) is 1.51. The molecule has 0 atom stereocenters. The Morgan fingerprint density at radius 3 is 2.10 bits per heavy atom. The minimum absolute atomic E-state index is 1.19. The summed E-state index contributed by atoms with van der Waals surface area (Å²) in [5, 5.41) is 8.42. The van der Waals surface area contributed by atoms with Gasteiger partial charge in [0.25, 0.3) is 0 Å². The molecule has 0 radical (unpaired) electrons. The van der Waals surface area contributed by atoms with Gasteiger partial charge in [-0.25, -0.2) is 0 Å². The van der Waals surface area contributed by atoms with Crippen LogP contribution in [-0.4, -0.2) is 4.43 Å². The average molecular weight is 384 g/mol. The van der Waals surface area contributed by atoms with Crippen molar-refractivity contribution < 1.29 is 0 Å². The summed E-state index contributed by atoms with van der Waals surface area (Å²) in [5.74, 6) is 0. The molecule has 4 aromatic rings. The van der Waals surface area contributed by atoms with E-state index in [1.807, 2.05) is 0 Å². The zero-order chi connectivity index (χ0) is 14.2. The SMILES string of the molecule is ICCCCc1ccc2ccc3cccc4ccc1c2c34. The highest BCUT2D eigenvalue weighted by Gasteiger charge is 2.10. The van der Waals surface area contributed by atoms with Crippen LogP contribution in [0.3, 0.4) is 0 Å². The van der Waals surface area contributed by atoms with E-state index in [4.69, 9.17) is 0 Å². The van der Waals surface area contributed by atoms with Gasteiger partial charge in [0.1, 0.15) is 0 Å². The fraction of sp³-hybridized carbons (Fsp3) is 0.200. The van der Waals surface area contributed by atoms with Gasteiger partial charge in [-0.15, -0.1) is 0 Å². The maximum Gasteiger partial charge on any atom is -0.000461 e. The molecule has 0 saturated carbocycles. The van der Waals surface area contributed by atoms with Gasteiger partial charge in [0.2, 0.25) is 0 Å². The molecular formula is C20H17I. The molecule has 0 aromatic heterocycles. The minimum Gasteiger partial charge on any atom is -0.0864 e. The molecule has 0 saturated heterocycles. The van der Waals surface area contributed by atoms with Gasteiger partial charge in [0.05, 0.1) is 0 Å². The molecule has 0 spiro atoms. The third-order valence-electron chi connectivity index (χ3n) is 4.45. The van der Waals surface area contributed by atoms with E-state index in [1.165, 1.54) is 61.6 Å². The van der Waals surface area contributed by atoms with Gasteiger partial charge < -0.3 is 0 Å². The van der Waals surface area contributed by atoms with Gasteiger partial charge in [-0.2, -0.15) is 0 Å². The predicted molar refractivity (Wildman–Crippen MR) is 102 cm³/mol. The molecule has 21 heavy (non-hydrogen) atoms. The Morgan fingerprint density at radius 2 is 1.33 bits per heavy atom. The van der Waals surface area contributed by atoms with Gasteiger partial charge in [-0.1, -0.05) is 77.2 Å². The van der Waals surface area contributed by atoms with Crippen LogP contribution in [0.5, 0.6) is 0 Å². The Hall–Kier alpha value is -1.35. The fourth-order valence-electron chi connectivity index (χ4n) is 3.42. The quantitative estimate of drug-likeness (QED) is 0.167. The van der Waals surface area contributed by atoms with Crippen molar-refractivity contribution >= 4 is 54.9 Å². The van der Waals surface area contributed by atoms with Crippen LogP contribution in [0.1, 0.15) is 18.4 Å². The second-order valence-electron chi connectivity index (χ2n) is 5.73. The van der Waals surface area contributed by atoms with Crippen LogP contribution in [0, 0.1) is 0 Å². The van der Waals surface area contributed by atoms with Crippen LogP contribution >= 0.6 is 22.6 Å². The highest BCUT2D eigenvalue weighted by molar-refractivity contribution is 14.1. The van der Waals surface area contributed by atoms with Crippen molar-refractivity contribution in [2.24, 2.45) is 0 Å². The van der Waals surface area contributed by atoms with E-state index in [-0.39, 0.29) is 0 Å². The van der Waals surface area contributed by atoms with Crippen LogP contribution in [0.2, 0.25) is 0 Å². The first-order valence-corrected chi connectivity index (χ1v) is 9.12. The third-order valence-corrected chi connectivity index (χ3v) is 5.21. The first-order valence-electron chi connectivity index (χ1n) is 7.60. The molecule has 0 aliphatic heterocycles. The van der Waals surface area contributed by atoms with E-state index < -0.39 is 0 Å². The van der Waals surface area contributed by atoms with E-state index in [0.29, 0.717) is 0 Å². The molecule has 4 rings (SSSR count). The van der Waals surface area contributed by atoms with Crippen LogP contribution < -0.4 is 0 Å². The normalized spacial score (nSPS) is 11.9. The van der Waals surface area contributed by atoms with Gasteiger partial charge in [-0.05, 0) is 61.6 Å². The number of halogens is 1. The Bertz CT molecular complexity index is 892. The van der Waals surface area contributed by atoms with Crippen molar-refractivity contribution in [1.82, 2.24) is 0 Å². The molecule has 1 heteroatoms. The lowest BCUT2D eigenvalue weighted by molar-refractivity contribution is 0.814. The lowest BCUT2D eigenvalue weighted by Gasteiger charge is -2.13. The highest BCUT2D eigenvalue weighted by atomic mass is 127. The van der Waals surface area contributed by atoms with Crippen molar-refractivity contribution in [2.45, 2.75) is 19.3 Å². The van der Waals surface area contributed by atoms with Gasteiger partial charge >= 0.3 is 0 Å². The van der Waals surface area contributed by atoms with Crippen LogP contribution in [0.4, 0.5) is 0 Å². The Balaban J connectivity index is 2.01. The Kier molecular flexibility index (Phi) is 3.46. The molecule has 0 amide bonds. The summed E-state index contributed by atoms with van der Waals surface area (Å²) in [7, 11) is 0. The maximum atomic E-state index is 2.47. The Labute approximate surface area is 138 Å². The van der Waals surface area contributed by atoms with Crippen LogP contribution in [0.25, 0.3) is 32.3 Å². The van der Waals surface area contributed by atoms with Gasteiger partial charge in [0, 0.05) is 0 Å². The third kappa shape index (κ3) is 2.18. The van der Waals surface area contributed by atoms with E-state index in [1.54, 1.807) is 0 Å². The van der Waals surface area contributed by atoms with E-state index in [2.05, 4.69) is 77.2 Å². The summed E-state index contributed by atoms with van der Waals surface area (Å²) in [6.07, 6.45) is 3.78. The zero-order valence-corrected chi connectivity index (χ0v) is 14.1. The lowest BCUT2D eigenvalue weighted by Crippen LogP contribution is -1.91. The van der Waals surface area contributed by atoms with Gasteiger partial charge in [0.15, 0.2) is 0 Å². The Morgan fingerprint density at radius 1 is 0.667 bits per heavy atom. The molecule has 0 bridgehead atoms. The zero-order valence-electron chi connectivity index (χ0n) is 11.9. The predicted octanol–water partition coefficient (Wildman–Crippen LogP) is 6.34. The van der Waals surface area contributed by atoms with Crippen molar-refractivity contribution in [3.63, 3.8) is 0 Å². The van der Waals surface area contributed by atoms with E-state index >= 15 is 0 Å². The first kappa shape index (κ1) is 13.3. The van der Waals surface area contributed by atoms with Crippen LogP contribution in [0.15, 0.2) is 54.6 Å². The number of unbranched alkanes of at least 4 members (excludes halogenated alkanes) is 1. The molecule has 0 fully saturated rings. The molecular weight excluding hydrogens is 367 g/mol. The second kappa shape index (κ2) is 5.45. The smallest absolute Gasteiger partial charge is 0.000461 e. The minimum atomic E-state index is 1.19. The molecule has 0 nitrogen and oxygen atoms in total. The molecule has 4 aromatic carbocycles. The van der Waals surface area contributed by atoms with Gasteiger partial charge in [-0.3, -0.25) is 0 Å². The van der Waals surface area contributed by atoms with Crippen molar-refractivity contribution in [3.8, 4) is 0 Å². The highest BCUT2D eigenvalue weighted by Crippen LogP contribution is 2.36. The summed E-state index contributed by atoms with van der Waals surface area (Å²) < 4.78 is 1.25. The van der Waals surface area contributed by atoms with E-state index in [0.717, 1.165) is 0 Å². The van der Waals surface area contributed by atoms with E-state index in [9.17, 15) is 0 Å². The molecule has 0 aliphatic carbocycles. The topological polar surface area (TPSA) is 0 Å². The summed E-state index contributed by atoms with van der Waals surface area (Å²) in [6, 6.07) is 20.4. The number of rotatable bonds is 4. The largest absolute Gasteiger partial charge is 0.0864 e. The number of aryl methyl sites for hydroxylation is 1. The molecule has 0 aliphatic rings. The first-order chi connectivity index (χ1) is 10.4. The average Bonchev–Trinajstić information content (AvgIpc) is 2.54. The number of benzene rings is 4. The lowest BCUT2D eigenvalue weighted by atomic mass is 9.91. The molecule has 0 unspecified atom stereocenters. The maximum absolute atomic E-state index is 2.47. The van der Waals surface area contributed by atoms with Crippen molar-refractivity contribution in [1.29, 1.82) is 0 Å². The number of hydrogen-bond donors (Lipinski definition) is 0. The second-order valence-corrected chi connectivity index (χ2v) is 6.81. The summed E-state index contributed by atoms with van der Waals surface area (Å²) >= 11 is 2.47. The molecule has 104 valence electrons. The fourth-order valence-corrected chi connectivity index (χ4v) is 3.96. The van der Waals surface area contributed by atoms with Crippen molar-refractivity contribution in [3.05, 3.63) is 60.2 Å². The van der Waals surface area contributed by atoms with Crippen molar-refractivity contribution in [2.75, 3.05) is 4.43 Å². The molecule has 0 N–H and O–H groups in total. The number of hydrogen-bond acceptors (Lipinski definition) is 0. The number of alkyl halides is 1. The van der Waals surface area contributed by atoms with Crippen LogP contribution in [-0.2, 0) is 6.42 Å². The monoisotopic (exact) mass is 384 g/mol. The molecule has 0 heterocycles. The standard InChI is InChI=1S/C20H17I/c21-13-2-1-4-14-7-8-17-10-9-15-5-3-6-16-11-12-18(14)20(17)19(15)16/h3,5-12H,1-2,4,13H2. The summed E-state index contributed by atoms with van der Waals surface area (Å²) in [6.45, 7) is 0.